The number of piperazine rings is 1. The second-order valence-electron chi connectivity index (χ2n) is 7.19. The molecule has 152 valence electrons. The first-order chi connectivity index (χ1) is 14.2. The number of aryl methyl sites for hydroxylation is 1. The van der Waals surface area contributed by atoms with Crippen LogP contribution in [-0.2, 0) is 13.1 Å². The first kappa shape index (κ1) is 19.2. The third-order valence-corrected chi connectivity index (χ3v) is 5.16. The molecule has 8 heteroatoms. The van der Waals surface area contributed by atoms with Gasteiger partial charge < -0.3 is 14.7 Å². The maximum absolute atomic E-state index is 4.93. The summed E-state index contributed by atoms with van der Waals surface area (Å²) in [5.74, 6) is 0.928. The monoisotopic (exact) mass is 393 g/mol. The number of aliphatic imine (C=N–C) groups is 1. The zero-order chi connectivity index (χ0) is 20.1. The summed E-state index contributed by atoms with van der Waals surface area (Å²) >= 11 is 0. The topological polar surface area (TPSA) is 74.7 Å². The van der Waals surface area contributed by atoms with Crippen molar-refractivity contribution in [3.63, 3.8) is 0 Å². The number of nitrogens with zero attached hydrogens (tertiary/aromatic N) is 6. The van der Waals surface area contributed by atoms with E-state index >= 15 is 0 Å². The van der Waals surface area contributed by atoms with Crippen molar-refractivity contribution < 1.29 is 4.52 Å². The molecule has 3 aromatic rings. The molecule has 1 aliphatic heterocycles. The lowest BCUT2D eigenvalue weighted by atomic mass is 10.2. The number of hydrogen-bond acceptors (Lipinski definition) is 5. The van der Waals surface area contributed by atoms with E-state index in [1.54, 1.807) is 6.26 Å². The van der Waals surface area contributed by atoms with E-state index < -0.39 is 0 Å². The number of benzene rings is 1. The fourth-order valence-corrected chi connectivity index (χ4v) is 3.61. The molecule has 0 amide bonds. The van der Waals surface area contributed by atoms with E-state index in [2.05, 4.69) is 48.6 Å². The molecular weight excluding hydrogens is 366 g/mol. The van der Waals surface area contributed by atoms with Crippen molar-refractivity contribution in [2.45, 2.75) is 20.0 Å². The summed E-state index contributed by atoms with van der Waals surface area (Å²) in [5, 5.41) is 12.1. The van der Waals surface area contributed by atoms with Crippen LogP contribution in [-0.4, -0.2) is 63.9 Å². The lowest BCUT2D eigenvalue weighted by Gasteiger charge is -2.36. The lowest BCUT2D eigenvalue weighted by Crippen LogP contribution is -2.52. The van der Waals surface area contributed by atoms with Crippen LogP contribution in [0.1, 0.15) is 17.0 Å². The van der Waals surface area contributed by atoms with E-state index in [-0.39, 0.29) is 0 Å². The van der Waals surface area contributed by atoms with Gasteiger partial charge in [-0.25, -0.2) is 4.68 Å². The van der Waals surface area contributed by atoms with Crippen LogP contribution in [0.2, 0.25) is 0 Å². The van der Waals surface area contributed by atoms with Gasteiger partial charge in [0, 0.05) is 58.6 Å². The van der Waals surface area contributed by atoms with Crippen LogP contribution in [0, 0.1) is 6.92 Å². The highest BCUT2D eigenvalue weighted by Gasteiger charge is 2.20. The Morgan fingerprint density at radius 1 is 1.14 bits per heavy atom. The third-order valence-electron chi connectivity index (χ3n) is 5.16. The molecule has 3 heterocycles. The molecule has 1 aliphatic rings. The Labute approximate surface area is 170 Å². The number of rotatable bonds is 5. The van der Waals surface area contributed by atoms with Gasteiger partial charge in [0.25, 0.3) is 0 Å². The van der Waals surface area contributed by atoms with Crippen LogP contribution in [0.3, 0.4) is 0 Å². The molecule has 0 radical (unpaired) electrons. The standard InChI is InChI=1S/C21H27N7O/c1-17-7-9-28(24-17)20-6-4-3-5-18(20)15-23-21(22-2)27-12-10-26(11-13-27)16-19-8-14-29-25-19/h3-9,14H,10-13,15-16H2,1-2H3,(H,22,23). The van der Waals surface area contributed by atoms with Gasteiger partial charge in [0.15, 0.2) is 5.96 Å². The summed E-state index contributed by atoms with van der Waals surface area (Å²) in [6.07, 6.45) is 3.62. The highest BCUT2D eigenvalue weighted by Crippen LogP contribution is 2.14. The van der Waals surface area contributed by atoms with Crippen molar-refractivity contribution in [1.29, 1.82) is 0 Å². The minimum Gasteiger partial charge on any atom is -0.364 e. The minimum absolute atomic E-state index is 0.695. The summed E-state index contributed by atoms with van der Waals surface area (Å²) in [6.45, 7) is 7.32. The average molecular weight is 393 g/mol. The Bertz CT molecular complexity index is 940. The molecule has 0 aliphatic carbocycles. The van der Waals surface area contributed by atoms with E-state index in [1.165, 1.54) is 5.56 Å². The molecule has 1 fully saturated rings. The highest BCUT2D eigenvalue weighted by atomic mass is 16.5. The minimum atomic E-state index is 0.695. The van der Waals surface area contributed by atoms with Crippen molar-refractivity contribution in [3.8, 4) is 5.69 Å². The van der Waals surface area contributed by atoms with Crippen LogP contribution < -0.4 is 5.32 Å². The van der Waals surface area contributed by atoms with Crippen LogP contribution in [0.15, 0.2) is 58.4 Å². The molecule has 2 aromatic heterocycles. The maximum atomic E-state index is 4.93. The predicted molar refractivity (Wildman–Crippen MR) is 112 cm³/mol. The quantitative estimate of drug-likeness (QED) is 0.528. The van der Waals surface area contributed by atoms with Crippen molar-refractivity contribution in [2.75, 3.05) is 33.2 Å². The number of nitrogens with one attached hydrogen (secondary N) is 1. The van der Waals surface area contributed by atoms with Gasteiger partial charge in [0.2, 0.25) is 0 Å². The molecule has 0 saturated carbocycles. The Balaban J connectivity index is 1.35. The summed E-state index contributed by atoms with van der Waals surface area (Å²) in [7, 11) is 1.84. The first-order valence-corrected chi connectivity index (χ1v) is 9.90. The van der Waals surface area contributed by atoms with Crippen molar-refractivity contribution in [2.24, 2.45) is 4.99 Å². The van der Waals surface area contributed by atoms with E-state index in [1.807, 2.05) is 43.0 Å². The number of para-hydroxylation sites is 1. The summed E-state index contributed by atoms with van der Waals surface area (Å²) < 4.78 is 6.86. The van der Waals surface area contributed by atoms with Crippen molar-refractivity contribution in [3.05, 3.63) is 65.8 Å². The number of guanidine groups is 1. The van der Waals surface area contributed by atoms with Crippen molar-refractivity contribution in [1.82, 2.24) is 30.1 Å². The van der Waals surface area contributed by atoms with Gasteiger partial charge in [-0.1, -0.05) is 23.4 Å². The van der Waals surface area contributed by atoms with Gasteiger partial charge >= 0.3 is 0 Å². The number of aromatic nitrogens is 3. The Kier molecular flexibility index (Phi) is 5.90. The second kappa shape index (κ2) is 8.91. The first-order valence-electron chi connectivity index (χ1n) is 9.90. The van der Waals surface area contributed by atoms with Gasteiger partial charge in [-0.3, -0.25) is 9.89 Å². The molecule has 1 saturated heterocycles. The van der Waals surface area contributed by atoms with E-state index in [9.17, 15) is 0 Å². The highest BCUT2D eigenvalue weighted by molar-refractivity contribution is 5.80. The zero-order valence-corrected chi connectivity index (χ0v) is 17.0. The molecule has 8 nitrogen and oxygen atoms in total. The van der Waals surface area contributed by atoms with E-state index in [0.29, 0.717) is 6.54 Å². The largest absolute Gasteiger partial charge is 0.364 e. The Hall–Kier alpha value is -3.13. The molecule has 1 aromatic carbocycles. The van der Waals surface area contributed by atoms with Crippen LogP contribution in [0.25, 0.3) is 5.69 Å². The molecule has 29 heavy (non-hydrogen) atoms. The Morgan fingerprint density at radius 3 is 2.66 bits per heavy atom. The van der Waals surface area contributed by atoms with Crippen LogP contribution in [0.4, 0.5) is 0 Å². The number of hydrogen-bond donors (Lipinski definition) is 1. The summed E-state index contributed by atoms with van der Waals surface area (Å²) in [5.41, 5.74) is 4.25. The molecule has 0 bridgehead atoms. The summed E-state index contributed by atoms with van der Waals surface area (Å²) in [6, 6.07) is 12.3. The SMILES string of the molecule is CN=C(NCc1ccccc1-n1ccc(C)n1)N1CCN(Cc2ccon2)CC1. The molecule has 0 unspecified atom stereocenters. The van der Waals surface area contributed by atoms with Gasteiger partial charge in [-0.05, 0) is 24.6 Å². The van der Waals surface area contributed by atoms with E-state index in [4.69, 9.17) is 4.52 Å². The fourth-order valence-electron chi connectivity index (χ4n) is 3.61. The molecule has 0 atom stereocenters. The predicted octanol–water partition coefficient (Wildman–Crippen LogP) is 2.06. The van der Waals surface area contributed by atoms with Gasteiger partial charge in [0.1, 0.15) is 6.26 Å². The smallest absolute Gasteiger partial charge is 0.194 e. The van der Waals surface area contributed by atoms with E-state index in [0.717, 1.165) is 55.8 Å². The van der Waals surface area contributed by atoms with Gasteiger partial charge in [0.05, 0.1) is 17.1 Å². The molecule has 4 rings (SSSR count). The maximum Gasteiger partial charge on any atom is 0.194 e. The molecule has 1 N–H and O–H groups in total. The zero-order valence-electron chi connectivity index (χ0n) is 17.0. The Morgan fingerprint density at radius 2 is 1.97 bits per heavy atom. The lowest BCUT2D eigenvalue weighted by molar-refractivity contribution is 0.169. The van der Waals surface area contributed by atoms with Crippen molar-refractivity contribution >= 4 is 5.96 Å². The molecule has 0 spiro atoms. The second-order valence-corrected chi connectivity index (χ2v) is 7.19. The fraction of sp³-hybridized carbons (Fsp3) is 0.381. The van der Waals surface area contributed by atoms with Gasteiger partial charge in [-0.2, -0.15) is 5.10 Å². The average Bonchev–Trinajstić information content (AvgIpc) is 3.42. The normalized spacial score (nSPS) is 15.7. The third kappa shape index (κ3) is 4.65. The van der Waals surface area contributed by atoms with Crippen LogP contribution >= 0.6 is 0 Å². The van der Waals surface area contributed by atoms with Crippen LogP contribution in [0.5, 0.6) is 0 Å². The molecular formula is C21H27N7O. The summed E-state index contributed by atoms with van der Waals surface area (Å²) in [4.78, 5) is 9.19. The van der Waals surface area contributed by atoms with Gasteiger partial charge in [-0.15, -0.1) is 0 Å².